The molecule has 0 aromatic heterocycles. The quantitative estimate of drug-likeness (QED) is 0.0812. The van der Waals surface area contributed by atoms with E-state index in [0.717, 1.165) is 44.9 Å². The summed E-state index contributed by atoms with van der Waals surface area (Å²) in [4.78, 5) is 45.3. The zero-order chi connectivity index (χ0) is 28.8. The molecule has 8 heteroatoms. The maximum Gasteiger partial charge on any atom is 0.373 e. The van der Waals surface area contributed by atoms with Crippen LogP contribution in [0.5, 0.6) is 11.5 Å². The van der Waals surface area contributed by atoms with E-state index in [4.69, 9.17) is 29.0 Å². The number of hydrogen-bond donors (Lipinski definition) is 0. The van der Waals surface area contributed by atoms with Crippen LogP contribution in [-0.2, 0) is 19.6 Å². The lowest BCUT2D eigenvalue weighted by atomic mass is 10.1. The Kier molecular flexibility index (Phi) is 17.2. The Morgan fingerprint density at radius 1 is 0.575 bits per heavy atom. The number of unbranched alkanes of at least 4 members (excludes halogenated alkanes) is 8. The second-order valence-corrected chi connectivity index (χ2v) is 9.46. The molecule has 0 heterocycles. The highest BCUT2D eigenvalue weighted by Crippen LogP contribution is 2.21. The van der Waals surface area contributed by atoms with Crippen LogP contribution < -0.4 is 9.47 Å². The minimum atomic E-state index is -0.709. The van der Waals surface area contributed by atoms with E-state index in [0.29, 0.717) is 31.1 Å². The smallest absolute Gasteiger partial charge is 0.373 e. The van der Waals surface area contributed by atoms with Crippen molar-refractivity contribution >= 4 is 11.9 Å². The Bertz CT molecular complexity index is 875. The summed E-state index contributed by atoms with van der Waals surface area (Å²) in [5.41, 5.74) is 0.564. The minimum absolute atomic E-state index is 0.108. The molecule has 0 spiro atoms. The Morgan fingerprint density at radius 3 is 1.38 bits per heavy atom. The van der Waals surface area contributed by atoms with Crippen LogP contribution in [0.3, 0.4) is 0 Å². The first-order valence-electron chi connectivity index (χ1n) is 14.5. The number of rotatable bonds is 22. The van der Waals surface area contributed by atoms with Crippen LogP contribution in [0.15, 0.2) is 48.5 Å². The van der Waals surface area contributed by atoms with Gasteiger partial charge in [0, 0.05) is 6.42 Å². The molecule has 8 nitrogen and oxygen atoms in total. The van der Waals surface area contributed by atoms with E-state index in [1.54, 1.807) is 48.5 Å². The topological polar surface area (TPSA) is 89.5 Å². The van der Waals surface area contributed by atoms with Crippen molar-refractivity contribution in [2.24, 2.45) is 0 Å². The van der Waals surface area contributed by atoms with Crippen LogP contribution in [0.2, 0.25) is 0 Å². The summed E-state index contributed by atoms with van der Waals surface area (Å²) < 4.78 is 11.1. The number of carbonyl (C=O) groups excluding carboxylic acids is 2. The standard InChI is InChI=1S/C32H44O8/c1-4-7-8-9-10-11-12-13-14-15-30(37-39-31(33)26-16-20-28(21-17-26)35-24-5-2)38-40-32(34)27-18-22-29(23-19-27)36-25-6-3/h16-23H,1,4-15,24-25H2,2-3H3. The van der Waals surface area contributed by atoms with E-state index in [1.807, 2.05) is 13.8 Å². The van der Waals surface area contributed by atoms with Gasteiger partial charge < -0.3 is 9.47 Å². The lowest BCUT2D eigenvalue weighted by molar-refractivity contribution is -0.363. The zero-order valence-corrected chi connectivity index (χ0v) is 24.0. The predicted octanol–water partition coefficient (Wildman–Crippen LogP) is 8.37. The average Bonchev–Trinajstić information content (AvgIpc) is 2.99. The molecule has 0 saturated carbocycles. The van der Waals surface area contributed by atoms with Gasteiger partial charge in [-0.15, -0.1) is 9.78 Å². The average molecular weight is 557 g/mol. The monoisotopic (exact) mass is 556 g/mol. The second kappa shape index (κ2) is 20.8. The first-order chi connectivity index (χ1) is 19.6. The van der Waals surface area contributed by atoms with Crippen LogP contribution in [0.25, 0.3) is 0 Å². The molecular weight excluding hydrogens is 512 g/mol. The van der Waals surface area contributed by atoms with Crippen molar-refractivity contribution in [3.8, 4) is 11.5 Å². The fourth-order valence-corrected chi connectivity index (χ4v) is 3.68. The van der Waals surface area contributed by atoms with Gasteiger partial charge in [0.15, 0.2) is 0 Å². The molecule has 0 aliphatic rings. The number of hydrogen-bond acceptors (Lipinski definition) is 8. The van der Waals surface area contributed by atoms with Crippen LogP contribution in [-0.4, -0.2) is 25.2 Å². The third kappa shape index (κ3) is 13.8. The highest BCUT2D eigenvalue weighted by Gasteiger charge is 2.21. The molecule has 40 heavy (non-hydrogen) atoms. The second-order valence-electron chi connectivity index (χ2n) is 9.46. The van der Waals surface area contributed by atoms with Crippen molar-refractivity contribution in [1.82, 2.24) is 0 Å². The van der Waals surface area contributed by atoms with Crippen molar-refractivity contribution in [2.75, 3.05) is 13.2 Å². The summed E-state index contributed by atoms with van der Waals surface area (Å²) in [7, 11) is 0. The highest BCUT2D eigenvalue weighted by molar-refractivity contribution is 5.89. The maximum atomic E-state index is 12.5. The van der Waals surface area contributed by atoms with Gasteiger partial charge in [0.05, 0.1) is 24.3 Å². The lowest BCUT2D eigenvalue weighted by Crippen LogP contribution is -2.16. The van der Waals surface area contributed by atoms with Gasteiger partial charge in [-0.2, -0.15) is 0 Å². The number of benzene rings is 2. The number of ether oxygens (including phenoxy) is 2. The maximum absolute atomic E-state index is 12.5. The van der Waals surface area contributed by atoms with Gasteiger partial charge in [-0.1, -0.05) is 72.1 Å². The van der Waals surface area contributed by atoms with Gasteiger partial charge >= 0.3 is 18.2 Å². The van der Waals surface area contributed by atoms with E-state index < -0.39 is 11.9 Å². The minimum Gasteiger partial charge on any atom is -0.494 e. The largest absolute Gasteiger partial charge is 0.494 e. The van der Waals surface area contributed by atoms with Gasteiger partial charge in [0.1, 0.15) is 11.5 Å². The predicted molar refractivity (Wildman–Crippen MR) is 152 cm³/mol. The highest BCUT2D eigenvalue weighted by atomic mass is 17.3. The van der Waals surface area contributed by atoms with Gasteiger partial charge in [-0.25, -0.2) is 9.59 Å². The molecule has 0 amide bonds. The van der Waals surface area contributed by atoms with Crippen LogP contribution in [0, 0.1) is 13.2 Å². The molecule has 220 valence electrons. The van der Waals surface area contributed by atoms with E-state index in [9.17, 15) is 9.59 Å². The fourth-order valence-electron chi connectivity index (χ4n) is 3.68. The van der Waals surface area contributed by atoms with Crippen molar-refractivity contribution in [2.45, 2.75) is 90.9 Å². The van der Waals surface area contributed by atoms with Crippen LogP contribution in [0.1, 0.15) is 112 Å². The van der Waals surface area contributed by atoms with Gasteiger partial charge in [0.25, 0.3) is 0 Å². The lowest BCUT2D eigenvalue weighted by Gasteiger charge is -2.14. The van der Waals surface area contributed by atoms with Gasteiger partial charge in [0.2, 0.25) is 0 Å². The Balaban J connectivity index is 1.85. The van der Waals surface area contributed by atoms with Crippen molar-refractivity contribution in [1.29, 1.82) is 0 Å². The van der Waals surface area contributed by atoms with Crippen molar-refractivity contribution in [3.05, 3.63) is 72.9 Å². The van der Waals surface area contributed by atoms with E-state index in [2.05, 4.69) is 6.92 Å². The molecular formula is C32H44O8. The Labute approximate surface area is 239 Å². The van der Waals surface area contributed by atoms with Crippen molar-refractivity contribution < 1.29 is 38.6 Å². The summed E-state index contributed by atoms with van der Waals surface area (Å²) in [5, 5.41) is 0. The summed E-state index contributed by atoms with van der Waals surface area (Å²) >= 11 is 0. The summed E-state index contributed by atoms with van der Waals surface area (Å²) in [6, 6.07) is 13.1. The molecule has 0 unspecified atom stereocenters. The Hall–Kier alpha value is -3.10. The van der Waals surface area contributed by atoms with E-state index >= 15 is 0 Å². The molecule has 0 fully saturated rings. The molecule has 0 bridgehead atoms. The molecule has 0 atom stereocenters. The van der Waals surface area contributed by atoms with Gasteiger partial charge in [-0.3, -0.25) is 9.78 Å². The normalized spacial score (nSPS) is 10.9. The first kappa shape index (κ1) is 33.1. The summed E-state index contributed by atoms with van der Waals surface area (Å²) in [5.74, 6) is -0.0953. The third-order valence-electron chi connectivity index (χ3n) is 5.93. The summed E-state index contributed by atoms with van der Waals surface area (Å²) in [6.45, 7) is 9.09. The van der Waals surface area contributed by atoms with Crippen LogP contribution >= 0.6 is 0 Å². The molecule has 2 radical (unpaired) electrons. The van der Waals surface area contributed by atoms with Gasteiger partial charge in [-0.05, 0) is 67.8 Å². The summed E-state index contributed by atoms with van der Waals surface area (Å²) in [6.07, 6.45) is 11.6. The molecule has 0 aliphatic heterocycles. The van der Waals surface area contributed by atoms with Crippen molar-refractivity contribution in [3.63, 3.8) is 0 Å². The third-order valence-corrected chi connectivity index (χ3v) is 5.93. The molecule has 2 rings (SSSR count). The van der Waals surface area contributed by atoms with Crippen LogP contribution in [0.4, 0.5) is 0 Å². The zero-order valence-electron chi connectivity index (χ0n) is 24.0. The molecule has 2 aromatic carbocycles. The molecule has 0 N–H and O–H groups in total. The molecule has 0 saturated heterocycles. The van der Waals surface area contributed by atoms with E-state index in [-0.39, 0.29) is 17.4 Å². The SMILES string of the molecule is [CH2]CCCCCCCCCC[C](OOC(=O)c1ccc(OCCC)cc1)OOC(=O)c1ccc(OCCC)cc1. The molecule has 0 aliphatic carbocycles. The molecule has 2 aromatic rings. The first-order valence-corrected chi connectivity index (χ1v) is 14.5. The number of carbonyl (C=O) groups is 2. The Morgan fingerprint density at radius 2 is 0.975 bits per heavy atom. The fraction of sp³-hybridized carbons (Fsp3) is 0.500. The van der Waals surface area contributed by atoms with E-state index in [1.165, 1.54) is 25.7 Å².